The van der Waals surface area contributed by atoms with Crippen LogP contribution in [-0.2, 0) is 4.79 Å². The summed E-state index contributed by atoms with van der Waals surface area (Å²) in [6.45, 7) is 12.3. The first-order chi connectivity index (χ1) is 12.3. The van der Waals surface area contributed by atoms with Crippen LogP contribution in [-0.4, -0.2) is 50.5 Å². The number of rotatable bonds is 8. The molecule has 3 N–H and O–H groups in total. The van der Waals surface area contributed by atoms with E-state index in [1.165, 1.54) is 17.3 Å². The van der Waals surface area contributed by atoms with Crippen LogP contribution >= 0.6 is 11.8 Å². The maximum Gasteiger partial charge on any atom is 0.230 e. The van der Waals surface area contributed by atoms with Gasteiger partial charge in [0.15, 0.2) is 0 Å². The highest BCUT2D eigenvalue weighted by Gasteiger charge is 2.14. The second-order valence-electron chi connectivity index (χ2n) is 7.44. The van der Waals surface area contributed by atoms with E-state index in [0.29, 0.717) is 17.5 Å². The molecule has 0 spiro atoms. The fourth-order valence-corrected chi connectivity index (χ4v) is 3.14. The van der Waals surface area contributed by atoms with Gasteiger partial charge in [0, 0.05) is 13.0 Å². The minimum Gasteiger partial charge on any atom is -0.355 e. The molecule has 0 aliphatic carbocycles. The number of nitrogens with zero attached hydrogens (tertiary/aromatic N) is 4. The summed E-state index contributed by atoms with van der Waals surface area (Å²) < 4.78 is 1.69. The number of hydrogen-bond donors (Lipinski definition) is 2. The second kappa shape index (κ2) is 9.14. The first-order valence-electron chi connectivity index (χ1n) is 8.87. The number of thioether (sulfide) groups is 1. The smallest absolute Gasteiger partial charge is 0.230 e. The normalized spacial score (nSPS) is 11.6. The lowest BCUT2D eigenvalue weighted by Gasteiger charge is -2.16. The van der Waals surface area contributed by atoms with E-state index < -0.39 is 0 Å². The number of hydrogen-bond acceptors (Lipinski definition) is 5. The lowest BCUT2D eigenvalue weighted by atomic mass is 10.1. The molecule has 26 heavy (non-hydrogen) atoms. The van der Waals surface area contributed by atoms with Gasteiger partial charge in [-0.15, -0.1) is 5.10 Å². The fraction of sp³-hybridized carbons (Fsp3) is 0.556. The van der Waals surface area contributed by atoms with Crippen LogP contribution in [0.5, 0.6) is 0 Å². The van der Waals surface area contributed by atoms with Crippen molar-refractivity contribution in [2.45, 2.75) is 51.7 Å². The van der Waals surface area contributed by atoms with Crippen LogP contribution in [0.15, 0.2) is 23.4 Å². The fourth-order valence-electron chi connectivity index (χ4n) is 2.43. The Morgan fingerprint density at radius 3 is 2.81 bits per heavy atom. The van der Waals surface area contributed by atoms with Crippen molar-refractivity contribution in [1.29, 1.82) is 0 Å². The molecule has 2 rings (SSSR count). The summed E-state index contributed by atoms with van der Waals surface area (Å²) in [5.74, 6) is 0.301. The van der Waals surface area contributed by atoms with E-state index in [1.807, 2.05) is 19.1 Å². The van der Waals surface area contributed by atoms with Crippen molar-refractivity contribution in [3.63, 3.8) is 0 Å². The predicted molar refractivity (Wildman–Crippen MR) is 104 cm³/mol. The van der Waals surface area contributed by atoms with E-state index in [0.717, 1.165) is 24.2 Å². The predicted octanol–water partition coefficient (Wildman–Crippen LogP) is 1.24. The molecular formula is C18H29N6OS+. The van der Waals surface area contributed by atoms with E-state index in [4.69, 9.17) is 0 Å². The summed E-state index contributed by atoms with van der Waals surface area (Å²) in [5.41, 5.74) is 3.47. The maximum absolute atomic E-state index is 12.0. The van der Waals surface area contributed by atoms with Crippen LogP contribution in [0.4, 0.5) is 0 Å². The molecule has 142 valence electrons. The van der Waals surface area contributed by atoms with Gasteiger partial charge in [-0.25, -0.2) is 0 Å². The lowest BCUT2D eigenvalue weighted by molar-refractivity contribution is -0.717. The van der Waals surface area contributed by atoms with Gasteiger partial charge in [0.05, 0.1) is 23.5 Å². The quantitative estimate of drug-likeness (QED) is 0.534. The van der Waals surface area contributed by atoms with Gasteiger partial charge in [0.1, 0.15) is 0 Å². The molecule has 0 aliphatic rings. The largest absolute Gasteiger partial charge is 0.355 e. The molecule has 0 aliphatic heterocycles. The molecule has 0 atom stereocenters. The summed E-state index contributed by atoms with van der Waals surface area (Å²) in [5, 5.41) is 17.7. The van der Waals surface area contributed by atoms with E-state index >= 15 is 0 Å². The zero-order valence-corrected chi connectivity index (χ0v) is 17.1. The highest BCUT2D eigenvalue weighted by molar-refractivity contribution is 7.99. The van der Waals surface area contributed by atoms with Crippen molar-refractivity contribution < 1.29 is 10.1 Å². The number of carbonyl (C=O) groups is 1. The van der Waals surface area contributed by atoms with Gasteiger partial charge in [0.2, 0.25) is 11.1 Å². The maximum atomic E-state index is 12.0. The van der Waals surface area contributed by atoms with E-state index in [9.17, 15) is 4.79 Å². The zero-order valence-electron chi connectivity index (χ0n) is 16.2. The molecule has 1 aromatic carbocycles. The van der Waals surface area contributed by atoms with Crippen molar-refractivity contribution in [2.24, 2.45) is 0 Å². The summed E-state index contributed by atoms with van der Waals surface area (Å²) >= 11 is 1.35. The summed E-state index contributed by atoms with van der Waals surface area (Å²) in [6.07, 6.45) is 0.952. The molecular weight excluding hydrogens is 348 g/mol. The number of aryl methyl sites for hydroxylation is 1. The number of carbonyl (C=O) groups excluding carboxylic acids is 1. The monoisotopic (exact) mass is 377 g/mol. The molecule has 1 amide bonds. The van der Waals surface area contributed by atoms with Gasteiger partial charge in [-0.05, 0) is 62.2 Å². The van der Waals surface area contributed by atoms with Gasteiger partial charge in [-0.2, -0.15) is 4.68 Å². The van der Waals surface area contributed by atoms with Crippen molar-refractivity contribution in [3.8, 4) is 5.69 Å². The third kappa shape index (κ3) is 6.10. The third-order valence-electron chi connectivity index (χ3n) is 4.04. The Hall–Kier alpha value is -1.93. The molecule has 0 saturated carbocycles. The van der Waals surface area contributed by atoms with Crippen LogP contribution in [0.3, 0.4) is 0 Å². The molecule has 7 nitrogen and oxygen atoms in total. The summed E-state index contributed by atoms with van der Waals surface area (Å²) in [7, 11) is 0. The topological polar surface area (TPSA) is 89.3 Å². The molecule has 0 radical (unpaired) electrons. The molecule has 2 aromatic rings. The van der Waals surface area contributed by atoms with E-state index in [-0.39, 0.29) is 11.4 Å². The molecule has 1 heterocycles. The van der Waals surface area contributed by atoms with Crippen molar-refractivity contribution in [3.05, 3.63) is 29.3 Å². The molecule has 0 unspecified atom stereocenters. The first kappa shape index (κ1) is 20.4. The lowest BCUT2D eigenvalue weighted by Crippen LogP contribution is -2.94. The van der Waals surface area contributed by atoms with Crippen molar-refractivity contribution in [1.82, 2.24) is 25.5 Å². The molecule has 1 aromatic heterocycles. The number of nitrogens with two attached hydrogens (primary N) is 1. The minimum atomic E-state index is 0.00118. The van der Waals surface area contributed by atoms with E-state index in [1.54, 1.807) is 4.68 Å². The number of tetrazole rings is 1. The minimum absolute atomic E-state index is 0.00118. The van der Waals surface area contributed by atoms with Crippen LogP contribution in [0.2, 0.25) is 0 Å². The summed E-state index contributed by atoms with van der Waals surface area (Å²) in [4.78, 5) is 12.0. The Morgan fingerprint density at radius 2 is 2.08 bits per heavy atom. The molecule has 0 fully saturated rings. The number of benzene rings is 1. The Balaban J connectivity index is 1.83. The number of amides is 1. The standard InChI is InChI=1S/C18H28N6OS/c1-13-8-6-9-15(14(13)2)24-17(21-22-23-24)26-12-16(25)19-10-7-11-20-18(3,4)5/h6,8-9,20H,7,10-12H2,1-5H3,(H,19,25)/p+1. The van der Waals surface area contributed by atoms with Gasteiger partial charge in [0.25, 0.3) is 0 Å². The molecule has 0 saturated heterocycles. The summed E-state index contributed by atoms with van der Waals surface area (Å²) in [6, 6.07) is 6.02. The van der Waals surface area contributed by atoms with Crippen LogP contribution in [0, 0.1) is 13.8 Å². The average molecular weight is 378 g/mol. The SMILES string of the molecule is Cc1cccc(-n2nnnc2SCC(=O)NCCC[NH2+]C(C)(C)C)c1C. The number of nitrogens with one attached hydrogen (secondary N) is 1. The Labute approximate surface area is 159 Å². The molecule has 8 heteroatoms. The Bertz CT molecular complexity index is 738. The van der Waals surface area contributed by atoms with Gasteiger partial charge in [-0.3, -0.25) is 4.79 Å². The Morgan fingerprint density at radius 1 is 1.31 bits per heavy atom. The average Bonchev–Trinajstić information content (AvgIpc) is 3.02. The van der Waals surface area contributed by atoms with Crippen molar-refractivity contribution >= 4 is 17.7 Å². The third-order valence-corrected chi connectivity index (χ3v) is 4.96. The van der Waals surface area contributed by atoms with Gasteiger partial charge < -0.3 is 10.6 Å². The Kier molecular flexibility index (Phi) is 7.16. The van der Waals surface area contributed by atoms with Crippen LogP contribution in [0.25, 0.3) is 5.69 Å². The highest BCUT2D eigenvalue weighted by atomic mass is 32.2. The number of quaternary nitrogens is 1. The van der Waals surface area contributed by atoms with Crippen LogP contribution < -0.4 is 10.6 Å². The van der Waals surface area contributed by atoms with Gasteiger partial charge in [-0.1, -0.05) is 23.9 Å². The molecule has 0 bridgehead atoms. The van der Waals surface area contributed by atoms with Crippen molar-refractivity contribution in [2.75, 3.05) is 18.8 Å². The van der Waals surface area contributed by atoms with Gasteiger partial charge >= 0.3 is 0 Å². The zero-order chi connectivity index (χ0) is 19.2. The first-order valence-corrected chi connectivity index (χ1v) is 9.85. The van der Waals surface area contributed by atoms with E-state index in [2.05, 4.69) is 59.9 Å². The highest BCUT2D eigenvalue weighted by Crippen LogP contribution is 2.22. The second-order valence-corrected chi connectivity index (χ2v) is 8.39. The van der Waals surface area contributed by atoms with Crippen LogP contribution in [0.1, 0.15) is 38.3 Å². The number of aromatic nitrogens is 4.